The van der Waals surface area contributed by atoms with E-state index < -0.39 is 0 Å². The first-order chi connectivity index (χ1) is 5.00. The van der Waals surface area contributed by atoms with Crippen molar-refractivity contribution in [3.8, 4) is 0 Å². The molecule has 11 heavy (non-hydrogen) atoms. The molecule has 1 heteroatoms. The number of rotatable bonds is 3. The Morgan fingerprint density at radius 1 is 1.09 bits per heavy atom. The van der Waals surface area contributed by atoms with E-state index in [0.717, 1.165) is 0 Å². The van der Waals surface area contributed by atoms with Gasteiger partial charge >= 0.3 is 0 Å². The monoisotopic (exact) mass is 156 g/mol. The highest BCUT2D eigenvalue weighted by Gasteiger charge is 2.14. The Labute approximate surface area is 70.4 Å². The molecule has 0 saturated carbocycles. The van der Waals surface area contributed by atoms with Gasteiger partial charge in [-0.2, -0.15) is 0 Å². The van der Waals surface area contributed by atoms with E-state index in [1.807, 2.05) is 0 Å². The van der Waals surface area contributed by atoms with E-state index in [9.17, 15) is 0 Å². The molecule has 0 unspecified atom stereocenters. The topological polar surface area (TPSA) is 9.23 Å². The molecule has 0 rings (SSSR count). The van der Waals surface area contributed by atoms with Crippen molar-refractivity contribution in [1.82, 2.24) is 0 Å². The summed E-state index contributed by atoms with van der Waals surface area (Å²) in [5.74, 6) is 0.565. The molecule has 0 aromatic rings. The summed E-state index contributed by atoms with van der Waals surface area (Å²) >= 11 is 0. The van der Waals surface area contributed by atoms with E-state index in [1.54, 1.807) is 7.11 Å². The lowest BCUT2D eigenvalue weighted by Gasteiger charge is -2.21. The Kier molecular flexibility index (Phi) is 4.43. The van der Waals surface area contributed by atoms with Crippen LogP contribution < -0.4 is 0 Å². The van der Waals surface area contributed by atoms with Crippen molar-refractivity contribution in [3.05, 3.63) is 11.1 Å². The molecule has 1 atom stereocenters. The van der Waals surface area contributed by atoms with Crippen LogP contribution in [0.3, 0.4) is 0 Å². The number of methoxy groups -OCH3 is 1. The molecule has 0 saturated heterocycles. The molecule has 0 radical (unpaired) electrons. The summed E-state index contributed by atoms with van der Waals surface area (Å²) in [6.07, 6.45) is 0.292. The van der Waals surface area contributed by atoms with Crippen LogP contribution in [0, 0.1) is 5.92 Å². The second kappa shape index (κ2) is 4.55. The van der Waals surface area contributed by atoms with Crippen LogP contribution in [0.4, 0.5) is 0 Å². The standard InChI is InChI=1S/C10H20O/c1-7(2)9(5)10(11-6)8(3)4/h8,10H,1-6H3/t10-/m1/s1. The zero-order valence-electron chi connectivity index (χ0n) is 8.56. The molecular weight excluding hydrogens is 136 g/mol. The van der Waals surface area contributed by atoms with Crippen molar-refractivity contribution in [2.24, 2.45) is 5.92 Å². The lowest BCUT2D eigenvalue weighted by Crippen LogP contribution is -2.19. The second-order valence-electron chi connectivity index (χ2n) is 3.58. The average Bonchev–Trinajstić information content (AvgIpc) is 1.88. The normalized spacial score (nSPS) is 13.4. The van der Waals surface area contributed by atoms with E-state index >= 15 is 0 Å². The Hall–Kier alpha value is -0.300. The zero-order valence-corrected chi connectivity index (χ0v) is 8.56. The lowest BCUT2D eigenvalue weighted by atomic mass is 9.97. The highest BCUT2D eigenvalue weighted by Crippen LogP contribution is 2.17. The summed E-state index contributed by atoms with van der Waals surface area (Å²) in [6.45, 7) is 10.8. The number of ether oxygens (including phenoxy) is 1. The van der Waals surface area contributed by atoms with Gasteiger partial charge in [-0.3, -0.25) is 0 Å². The summed E-state index contributed by atoms with van der Waals surface area (Å²) in [5, 5.41) is 0. The van der Waals surface area contributed by atoms with Crippen LogP contribution in [0.15, 0.2) is 11.1 Å². The molecule has 0 fully saturated rings. The number of hydrogen-bond acceptors (Lipinski definition) is 1. The average molecular weight is 156 g/mol. The van der Waals surface area contributed by atoms with E-state index in [1.165, 1.54) is 11.1 Å². The quantitative estimate of drug-likeness (QED) is 0.571. The Bertz CT molecular complexity index is 141. The fourth-order valence-electron chi connectivity index (χ4n) is 1.23. The Morgan fingerprint density at radius 2 is 1.55 bits per heavy atom. The van der Waals surface area contributed by atoms with E-state index in [4.69, 9.17) is 4.74 Å². The molecule has 0 N–H and O–H groups in total. The van der Waals surface area contributed by atoms with Crippen molar-refractivity contribution in [2.45, 2.75) is 40.7 Å². The van der Waals surface area contributed by atoms with Crippen LogP contribution in [0.2, 0.25) is 0 Å². The van der Waals surface area contributed by atoms with Gasteiger partial charge in [0.25, 0.3) is 0 Å². The molecule has 66 valence electrons. The fourth-order valence-corrected chi connectivity index (χ4v) is 1.23. The largest absolute Gasteiger partial charge is 0.377 e. The SMILES string of the molecule is CO[C@@H](C(C)=C(C)C)C(C)C. The minimum Gasteiger partial charge on any atom is -0.377 e. The van der Waals surface area contributed by atoms with Crippen LogP contribution in [-0.2, 0) is 4.74 Å². The highest BCUT2D eigenvalue weighted by atomic mass is 16.5. The molecule has 0 amide bonds. The van der Waals surface area contributed by atoms with Crippen molar-refractivity contribution >= 4 is 0 Å². The second-order valence-corrected chi connectivity index (χ2v) is 3.58. The summed E-state index contributed by atoms with van der Waals surface area (Å²) in [6, 6.07) is 0. The smallest absolute Gasteiger partial charge is 0.0803 e. The van der Waals surface area contributed by atoms with Crippen LogP contribution >= 0.6 is 0 Å². The Balaban J connectivity index is 4.39. The van der Waals surface area contributed by atoms with Gasteiger partial charge in [-0.25, -0.2) is 0 Å². The fraction of sp³-hybridized carbons (Fsp3) is 0.800. The molecular formula is C10H20O. The molecule has 0 aromatic carbocycles. The summed E-state index contributed by atoms with van der Waals surface area (Å²) in [5.41, 5.74) is 2.73. The maximum Gasteiger partial charge on any atom is 0.0803 e. The van der Waals surface area contributed by atoms with Gasteiger partial charge < -0.3 is 4.74 Å². The van der Waals surface area contributed by atoms with Crippen LogP contribution in [0.5, 0.6) is 0 Å². The molecule has 0 heterocycles. The van der Waals surface area contributed by atoms with E-state index in [-0.39, 0.29) is 0 Å². The minimum absolute atomic E-state index is 0.292. The first-order valence-corrected chi connectivity index (χ1v) is 4.17. The maximum atomic E-state index is 5.38. The third-order valence-electron chi connectivity index (χ3n) is 2.07. The zero-order chi connectivity index (χ0) is 9.02. The molecule has 0 aromatic heterocycles. The number of allylic oxidation sites excluding steroid dienone is 1. The van der Waals surface area contributed by atoms with Gasteiger partial charge in [-0.05, 0) is 32.3 Å². The highest BCUT2D eigenvalue weighted by molar-refractivity contribution is 5.12. The summed E-state index contributed by atoms with van der Waals surface area (Å²) in [4.78, 5) is 0. The van der Waals surface area contributed by atoms with Crippen LogP contribution in [0.1, 0.15) is 34.6 Å². The van der Waals surface area contributed by atoms with Gasteiger partial charge in [0.05, 0.1) is 6.10 Å². The molecule has 1 nitrogen and oxygen atoms in total. The van der Waals surface area contributed by atoms with E-state index in [2.05, 4.69) is 34.6 Å². The summed E-state index contributed by atoms with van der Waals surface area (Å²) in [7, 11) is 1.77. The van der Waals surface area contributed by atoms with Crippen molar-refractivity contribution in [1.29, 1.82) is 0 Å². The van der Waals surface area contributed by atoms with Gasteiger partial charge in [0.1, 0.15) is 0 Å². The molecule has 0 spiro atoms. The predicted octanol–water partition coefficient (Wildman–Crippen LogP) is 3.01. The molecule has 0 aliphatic rings. The van der Waals surface area contributed by atoms with Crippen molar-refractivity contribution in [3.63, 3.8) is 0 Å². The molecule has 0 bridgehead atoms. The van der Waals surface area contributed by atoms with Gasteiger partial charge in [-0.15, -0.1) is 0 Å². The van der Waals surface area contributed by atoms with Gasteiger partial charge in [0.2, 0.25) is 0 Å². The molecule has 0 aliphatic carbocycles. The van der Waals surface area contributed by atoms with Crippen molar-refractivity contribution in [2.75, 3.05) is 7.11 Å². The Morgan fingerprint density at radius 3 is 1.64 bits per heavy atom. The first kappa shape index (κ1) is 10.7. The van der Waals surface area contributed by atoms with Gasteiger partial charge in [0, 0.05) is 7.11 Å². The lowest BCUT2D eigenvalue weighted by molar-refractivity contribution is 0.0931. The number of hydrogen-bond donors (Lipinski definition) is 0. The maximum absolute atomic E-state index is 5.38. The van der Waals surface area contributed by atoms with E-state index in [0.29, 0.717) is 12.0 Å². The predicted molar refractivity (Wildman–Crippen MR) is 49.7 cm³/mol. The van der Waals surface area contributed by atoms with Crippen LogP contribution in [-0.4, -0.2) is 13.2 Å². The van der Waals surface area contributed by atoms with Crippen LogP contribution in [0.25, 0.3) is 0 Å². The summed E-state index contributed by atoms with van der Waals surface area (Å²) < 4.78 is 5.38. The third-order valence-corrected chi connectivity index (χ3v) is 2.07. The molecule has 0 aliphatic heterocycles. The van der Waals surface area contributed by atoms with Gasteiger partial charge in [-0.1, -0.05) is 19.4 Å². The van der Waals surface area contributed by atoms with Gasteiger partial charge in [0.15, 0.2) is 0 Å². The first-order valence-electron chi connectivity index (χ1n) is 4.17. The third kappa shape index (κ3) is 3.06. The minimum atomic E-state index is 0.292. The van der Waals surface area contributed by atoms with Crippen molar-refractivity contribution < 1.29 is 4.74 Å².